The summed E-state index contributed by atoms with van der Waals surface area (Å²) in [6.07, 6.45) is 0.308. The fraction of sp³-hybridized carbons (Fsp3) is 0.240. The van der Waals surface area contributed by atoms with Crippen LogP contribution in [0.4, 0.5) is 0 Å². The molecule has 2 atom stereocenters. The number of ether oxygens (including phenoxy) is 1. The van der Waals surface area contributed by atoms with Crippen molar-refractivity contribution in [3.8, 4) is 16.9 Å². The topological polar surface area (TPSA) is 78.8 Å². The lowest BCUT2D eigenvalue weighted by atomic mass is 9.99. The maximum absolute atomic E-state index is 11.3. The normalized spacial score (nSPS) is 12.9. The number of carbonyl (C=O) groups is 1. The number of hydrogen-bond donors (Lipinski definition) is 3. The number of nitrogens with one attached hydrogen (secondary N) is 1. The van der Waals surface area contributed by atoms with Gasteiger partial charge in [-0.05, 0) is 47.7 Å². The predicted molar refractivity (Wildman–Crippen MR) is 118 cm³/mol. The summed E-state index contributed by atoms with van der Waals surface area (Å²) in [4.78, 5) is 11.3. The minimum atomic E-state index is -1.01. The highest BCUT2D eigenvalue weighted by molar-refractivity contribution is 5.92. The van der Waals surface area contributed by atoms with Crippen molar-refractivity contribution in [2.75, 3.05) is 13.7 Å². The SMILES string of the molecule is COc1cc(-c2ccc(CC(C)NC[C@H](O)c3ccccc3)cc2)ccc1C(=O)O. The van der Waals surface area contributed by atoms with Gasteiger partial charge in [-0.15, -0.1) is 0 Å². The van der Waals surface area contributed by atoms with Crippen LogP contribution in [0, 0.1) is 0 Å². The first kappa shape index (κ1) is 21.6. The number of hydrogen-bond acceptors (Lipinski definition) is 4. The summed E-state index contributed by atoms with van der Waals surface area (Å²) in [5.41, 5.74) is 4.14. The first-order chi connectivity index (χ1) is 14.5. The van der Waals surface area contributed by atoms with Crippen molar-refractivity contribution in [2.45, 2.75) is 25.5 Å². The molecule has 0 amide bonds. The molecule has 0 bridgehead atoms. The Hall–Kier alpha value is -3.15. The molecule has 156 valence electrons. The van der Waals surface area contributed by atoms with Gasteiger partial charge in [0.1, 0.15) is 11.3 Å². The third kappa shape index (κ3) is 5.47. The zero-order valence-electron chi connectivity index (χ0n) is 17.2. The number of methoxy groups -OCH3 is 1. The van der Waals surface area contributed by atoms with Crippen molar-refractivity contribution in [3.05, 3.63) is 89.5 Å². The molecule has 0 aliphatic carbocycles. The number of aliphatic hydroxyl groups is 1. The van der Waals surface area contributed by atoms with Crippen molar-refractivity contribution < 1.29 is 19.7 Å². The second-order valence-electron chi connectivity index (χ2n) is 7.36. The van der Waals surface area contributed by atoms with E-state index in [9.17, 15) is 15.0 Å². The van der Waals surface area contributed by atoms with E-state index < -0.39 is 12.1 Å². The smallest absolute Gasteiger partial charge is 0.339 e. The molecule has 3 rings (SSSR count). The highest BCUT2D eigenvalue weighted by Crippen LogP contribution is 2.27. The number of aliphatic hydroxyl groups excluding tert-OH is 1. The zero-order valence-corrected chi connectivity index (χ0v) is 17.2. The molecule has 0 aromatic heterocycles. The number of benzene rings is 3. The standard InChI is InChI=1S/C25H27NO4/c1-17(26-16-23(27)20-6-4-3-5-7-20)14-18-8-10-19(11-9-18)21-12-13-22(25(28)29)24(15-21)30-2/h3-13,15,17,23,26-27H,14,16H2,1-2H3,(H,28,29)/t17?,23-/m0/s1. The van der Waals surface area contributed by atoms with E-state index in [4.69, 9.17) is 4.74 Å². The molecule has 5 heteroatoms. The molecular weight excluding hydrogens is 378 g/mol. The number of aromatic carboxylic acids is 1. The first-order valence-corrected chi connectivity index (χ1v) is 9.95. The second kappa shape index (κ2) is 10.1. The summed E-state index contributed by atoms with van der Waals surface area (Å²) in [6.45, 7) is 2.60. The molecule has 0 fully saturated rings. The Kier molecular flexibility index (Phi) is 7.22. The summed E-state index contributed by atoms with van der Waals surface area (Å²) in [7, 11) is 1.47. The van der Waals surface area contributed by atoms with Gasteiger partial charge in [0.2, 0.25) is 0 Å². The van der Waals surface area contributed by atoms with Gasteiger partial charge in [-0.3, -0.25) is 0 Å². The average molecular weight is 405 g/mol. The molecule has 0 spiro atoms. The van der Waals surface area contributed by atoms with Crippen molar-refractivity contribution in [1.29, 1.82) is 0 Å². The fourth-order valence-corrected chi connectivity index (χ4v) is 3.41. The van der Waals surface area contributed by atoms with Crippen LogP contribution in [0.15, 0.2) is 72.8 Å². The van der Waals surface area contributed by atoms with Crippen molar-refractivity contribution in [1.82, 2.24) is 5.32 Å². The van der Waals surface area contributed by atoms with Crippen LogP contribution in [0.1, 0.15) is 34.5 Å². The van der Waals surface area contributed by atoms with Crippen LogP contribution in [0.2, 0.25) is 0 Å². The summed E-state index contributed by atoms with van der Waals surface area (Å²) < 4.78 is 5.21. The number of carboxylic acids is 1. The predicted octanol–water partition coefficient (Wildman–Crippen LogP) is 4.31. The van der Waals surface area contributed by atoms with Crippen LogP contribution in [0.25, 0.3) is 11.1 Å². The molecule has 3 aromatic carbocycles. The van der Waals surface area contributed by atoms with Gasteiger partial charge in [0, 0.05) is 12.6 Å². The largest absolute Gasteiger partial charge is 0.496 e. The summed E-state index contributed by atoms with van der Waals surface area (Å²) in [6, 6.07) is 23.1. The third-order valence-electron chi connectivity index (χ3n) is 5.11. The lowest BCUT2D eigenvalue weighted by Crippen LogP contribution is -2.32. The van der Waals surface area contributed by atoms with E-state index in [1.165, 1.54) is 12.7 Å². The summed E-state index contributed by atoms with van der Waals surface area (Å²) in [5.74, 6) is -0.661. The summed E-state index contributed by atoms with van der Waals surface area (Å²) >= 11 is 0. The zero-order chi connectivity index (χ0) is 21.5. The van der Waals surface area contributed by atoms with Crippen molar-refractivity contribution in [3.63, 3.8) is 0 Å². The molecule has 0 saturated heterocycles. The Morgan fingerprint density at radius 3 is 2.30 bits per heavy atom. The quantitative estimate of drug-likeness (QED) is 0.494. The first-order valence-electron chi connectivity index (χ1n) is 9.95. The van der Waals surface area contributed by atoms with Crippen LogP contribution >= 0.6 is 0 Å². The maximum atomic E-state index is 11.3. The lowest BCUT2D eigenvalue weighted by Gasteiger charge is -2.18. The molecule has 3 N–H and O–H groups in total. The van der Waals surface area contributed by atoms with Crippen LogP contribution in [-0.4, -0.2) is 35.9 Å². The highest BCUT2D eigenvalue weighted by Gasteiger charge is 2.13. The van der Waals surface area contributed by atoms with E-state index in [0.717, 1.165) is 23.1 Å². The molecule has 0 heterocycles. The Balaban J connectivity index is 1.60. The Labute approximate surface area is 177 Å². The van der Waals surface area contributed by atoms with Gasteiger partial charge < -0.3 is 20.3 Å². The molecule has 0 aliphatic rings. The van der Waals surface area contributed by atoms with Crippen molar-refractivity contribution in [2.24, 2.45) is 0 Å². The number of carboxylic acid groups (broad SMARTS) is 1. The van der Waals surface area contributed by atoms with Crippen LogP contribution < -0.4 is 10.1 Å². The molecule has 3 aromatic rings. The Morgan fingerprint density at radius 1 is 1.00 bits per heavy atom. The van der Waals surface area contributed by atoms with E-state index in [0.29, 0.717) is 12.3 Å². The van der Waals surface area contributed by atoms with E-state index in [1.54, 1.807) is 18.2 Å². The Morgan fingerprint density at radius 2 is 1.67 bits per heavy atom. The monoisotopic (exact) mass is 405 g/mol. The lowest BCUT2D eigenvalue weighted by molar-refractivity contribution is 0.0693. The van der Waals surface area contributed by atoms with Gasteiger partial charge >= 0.3 is 5.97 Å². The van der Waals surface area contributed by atoms with Gasteiger partial charge in [-0.2, -0.15) is 0 Å². The van der Waals surface area contributed by atoms with Gasteiger partial charge in [0.05, 0.1) is 13.2 Å². The van der Waals surface area contributed by atoms with Gasteiger partial charge in [0.15, 0.2) is 0 Å². The molecule has 0 radical (unpaired) electrons. The molecule has 0 saturated carbocycles. The second-order valence-corrected chi connectivity index (χ2v) is 7.36. The minimum Gasteiger partial charge on any atom is -0.496 e. The third-order valence-corrected chi connectivity index (χ3v) is 5.11. The highest BCUT2D eigenvalue weighted by atomic mass is 16.5. The van der Waals surface area contributed by atoms with E-state index in [2.05, 4.69) is 24.4 Å². The molecule has 1 unspecified atom stereocenters. The minimum absolute atomic E-state index is 0.149. The molecule has 5 nitrogen and oxygen atoms in total. The van der Waals surface area contributed by atoms with Gasteiger partial charge in [-0.25, -0.2) is 4.79 Å². The molecule has 0 aliphatic heterocycles. The summed E-state index contributed by atoms with van der Waals surface area (Å²) in [5, 5.41) is 22.9. The fourth-order valence-electron chi connectivity index (χ4n) is 3.41. The maximum Gasteiger partial charge on any atom is 0.339 e. The van der Waals surface area contributed by atoms with Crippen LogP contribution in [-0.2, 0) is 6.42 Å². The average Bonchev–Trinajstić information content (AvgIpc) is 2.78. The molecule has 30 heavy (non-hydrogen) atoms. The Bertz CT molecular complexity index is 970. The van der Waals surface area contributed by atoms with E-state index in [1.807, 2.05) is 42.5 Å². The van der Waals surface area contributed by atoms with Crippen molar-refractivity contribution >= 4 is 5.97 Å². The molecular formula is C25H27NO4. The van der Waals surface area contributed by atoms with Gasteiger partial charge in [-0.1, -0.05) is 60.7 Å². The number of rotatable bonds is 9. The van der Waals surface area contributed by atoms with Crippen LogP contribution in [0.5, 0.6) is 5.75 Å². The van der Waals surface area contributed by atoms with Crippen LogP contribution in [0.3, 0.4) is 0 Å². The van der Waals surface area contributed by atoms with E-state index in [-0.39, 0.29) is 11.6 Å². The van der Waals surface area contributed by atoms with Gasteiger partial charge in [0.25, 0.3) is 0 Å². The van der Waals surface area contributed by atoms with E-state index >= 15 is 0 Å².